The van der Waals surface area contributed by atoms with Gasteiger partial charge in [0.1, 0.15) is 19.3 Å². The quantitative estimate of drug-likeness (QED) is 0.145. The molecule has 0 radical (unpaired) electrons. The molecule has 182 valence electrons. The summed E-state index contributed by atoms with van der Waals surface area (Å²) in [5.74, 6) is 2.37. The Kier molecular flexibility index (Phi) is 13.2. The van der Waals surface area contributed by atoms with Crippen LogP contribution < -0.4 is 4.48 Å². The molecule has 1 aliphatic rings. The van der Waals surface area contributed by atoms with E-state index in [1.807, 2.05) is 0 Å². The van der Waals surface area contributed by atoms with Gasteiger partial charge in [-0.3, -0.25) is 0 Å². The van der Waals surface area contributed by atoms with Gasteiger partial charge < -0.3 is 5.11 Å². The summed E-state index contributed by atoms with van der Waals surface area (Å²) in [6, 6.07) is 10.8. The van der Waals surface area contributed by atoms with Crippen molar-refractivity contribution in [3.8, 4) is 0 Å². The summed E-state index contributed by atoms with van der Waals surface area (Å²) in [6.45, 7) is 7.86. The molecule has 0 bridgehead atoms. The van der Waals surface area contributed by atoms with E-state index in [-0.39, 0.29) is 6.61 Å². The molecule has 2 rings (SSSR count). The van der Waals surface area contributed by atoms with Crippen LogP contribution in [0.4, 0.5) is 5.69 Å². The van der Waals surface area contributed by atoms with Crippen molar-refractivity contribution < 1.29 is 9.68 Å². The molecule has 0 saturated heterocycles. The first-order valence-corrected chi connectivity index (χ1v) is 13.7. The van der Waals surface area contributed by atoms with Gasteiger partial charge in [0.15, 0.2) is 13.1 Å². The number of rotatable bonds is 18. The van der Waals surface area contributed by atoms with Crippen LogP contribution in [0.15, 0.2) is 30.3 Å². The summed E-state index contributed by atoms with van der Waals surface area (Å²) in [5.41, 5.74) is 1.33. The van der Waals surface area contributed by atoms with Crippen LogP contribution in [0.3, 0.4) is 0 Å². The van der Waals surface area contributed by atoms with Gasteiger partial charge in [-0.05, 0) is 24.5 Å². The molecule has 1 unspecified atom stereocenters. The maximum absolute atomic E-state index is 9.81. The molecule has 1 heterocycles. The summed E-state index contributed by atoms with van der Waals surface area (Å²) in [7, 11) is 2.24. The van der Waals surface area contributed by atoms with Gasteiger partial charge >= 0.3 is 5.84 Å². The van der Waals surface area contributed by atoms with Gasteiger partial charge in [-0.2, -0.15) is 4.58 Å². The summed E-state index contributed by atoms with van der Waals surface area (Å²) in [4.78, 5) is 0. The second kappa shape index (κ2) is 15.6. The maximum atomic E-state index is 9.81. The molecular formula is C29H52N2O+2. The Hall–Kier alpha value is -1.19. The number of aliphatic hydroxyl groups excluding tert-OH is 1. The third kappa shape index (κ3) is 8.98. The topological polar surface area (TPSA) is 23.2 Å². The summed E-state index contributed by atoms with van der Waals surface area (Å²) >= 11 is 0. The second-order valence-corrected chi connectivity index (χ2v) is 10.5. The van der Waals surface area contributed by atoms with Crippen molar-refractivity contribution in [3.05, 3.63) is 30.3 Å². The van der Waals surface area contributed by atoms with Gasteiger partial charge in [-0.1, -0.05) is 109 Å². The first-order valence-electron chi connectivity index (χ1n) is 13.7. The molecule has 3 heteroatoms. The van der Waals surface area contributed by atoms with E-state index in [1.54, 1.807) is 0 Å². The van der Waals surface area contributed by atoms with Crippen LogP contribution in [-0.2, 0) is 0 Å². The molecule has 32 heavy (non-hydrogen) atoms. The van der Waals surface area contributed by atoms with Gasteiger partial charge in [0.25, 0.3) is 0 Å². The monoisotopic (exact) mass is 444 g/mol. The average molecular weight is 445 g/mol. The van der Waals surface area contributed by atoms with E-state index in [2.05, 4.69) is 55.8 Å². The number of aliphatic hydroxyl groups is 1. The van der Waals surface area contributed by atoms with Gasteiger partial charge in [0.2, 0.25) is 0 Å². The lowest BCUT2D eigenvalue weighted by atomic mass is 10.0. The standard InChI is InChI=1S/C29H52N2O/c1-27(2)19-15-12-10-8-6-4-5-7-9-11-13-18-22-29-30(3)23-24-31(29,25-26-32)28-20-16-14-17-21-28/h14,16-17,20-21,27,32H,4-13,15,18-19,22-26H2,1-3H3/q+2. The number of amidine groups is 1. The predicted molar refractivity (Wildman–Crippen MR) is 141 cm³/mol. The van der Waals surface area contributed by atoms with E-state index in [0.29, 0.717) is 0 Å². The van der Waals surface area contributed by atoms with E-state index in [4.69, 9.17) is 0 Å². The maximum Gasteiger partial charge on any atom is 0.343 e. The van der Waals surface area contributed by atoms with Crippen LogP contribution in [0.25, 0.3) is 0 Å². The lowest BCUT2D eigenvalue weighted by molar-refractivity contribution is -0.487. The number of para-hydroxylation sites is 1. The minimum absolute atomic E-state index is 0.240. The molecule has 3 nitrogen and oxygen atoms in total. The smallest absolute Gasteiger partial charge is 0.343 e. The van der Waals surface area contributed by atoms with Crippen LogP contribution in [-0.4, -0.2) is 48.8 Å². The Morgan fingerprint density at radius 1 is 0.812 bits per heavy atom. The Balaban J connectivity index is 1.58. The number of hydrogen-bond acceptors (Lipinski definition) is 1. The van der Waals surface area contributed by atoms with Gasteiger partial charge in [-0.25, -0.2) is 4.48 Å². The molecule has 1 N–H and O–H groups in total. The summed E-state index contributed by atoms with van der Waals surface area (Å²) < 4.78 is 3.30. The number of benzene rings is 1. The number of likely N-dealkylation sites (N-methyl/N-ethyl adjacent to an activating group) is 1. The van der Waals surface area contributed by atoms with Crippen LogP contribution in [0, 0.1) is 5.92 Å². The Morgan fingerprint density at radius 3 is 1.88 bits per heavy atom. The average Bonchev–Trinajstić information content (AvgIpc) is 3.11. The SMILES string of the molecule is CC(C)CCCCCCCCCCCCCCC1=[N+](C)CC[N+]1(CCO)c1ccccc1. The fraction of sp³-hybridized carbons (Fsp3) is 0.759. The normalized spacial score (nSPS) is 18.8. The molecule has 0 saturated carbocycles. The van der Waals surface area contributed by atoms with Gasteiger partial charge in [0.05, 0.1) is 13.0 Å². The zero-order chi connectivity index (χ0) is 23.1. The molecule has 0 aromatic heterocycles. The lowest BCUT2D eigenvalue weighted by Gasteiger charge is -2.30. The second-order valence-electron chi connectivity index (χ2n) is 10.5. The zero-order valence-corrected chi connectivity index (χ0v) is 21.5. The highest BCUT2D eigenvalue weighted by molar-refractivity contribution is 5.90. The summed E-state index contributed by atoms with van der Waals surface area (Å²) in [5, 5.41) is 9.81. The lowest BCUT2D eigenvalue weighted by Crippen LogP contribution is -2.54. The molecular weight excluding hydrogens is 392 g/mol. The number of unbranched alkanes of at least 4 members (excludes halogenated alkanes) is 11. The van der Waals surface area contributed by atoms with Crippen molar-refractivity contribution in [2.45, 2.75) is 104 Å². The molecule has 1 aromatic rings. The Morgan fingerprint density at radius 2 is 1.34 bits per heavy atom. The molecule has 1 aliphatic heterocycles. The first-order chi connectivity index (χ1) is 15.6. The molecule has 0 aliphatic carbocycles. The third-order valence-corrected chi connectivity index (χ3v) is 7.42. The van der Waals surface area contributed by atoms with Crippen LogP contribution in [0.1, 0.15) is 104 Å². The molecule has 1 aromatic carbocycles. The van der Waals surface area contributed by atoms with Crippen molar-refractivity contribution in [2.75, 3.05) is 33.3 Å². The van der Waals surface area contributed by atoms with Crippen LogP contribution in [0.2, 0.25) is 0 Å². The Bertz CT molecular complexity index is 640. The van der Waals surface area contributed by atoms with Gasteiger partial charge in [-0.15, -0.1) is 0 Å². The van der Waals surface area contributed by atoms with E-state index < -0.39 is 0 Å². The van der Waals surface area contributed by atoms with Crippen molar-refractivity contribution in [1.29, 1.82) is 0 Å². The van der Waals surface area contributed by atoms with E-state index in [0.717, 1.165) is 36.5 Å². The molecule has 0 amide bonds. The fourth-order valence-corrected chi connectivity index (χ4v) is 5.45. The van der Waals surface area contributed by atoms with Crippen molar-refractivity contribution in [3.63, 3.8) is 0 Å². The minimum atomic E-state index is 0.240. The summed E-state index contributed by atoms with van der Waals surface area (Å²) in [6.07, 6.45) is 19.4. The van der Waals surface area contributed by atoms with Crippen molar-refractivity contribution in [2.24, 2.45) is 5.92 Å². The molecule has 1 atom stereocenters. The zero-order valence-electron chi connectivity index (χ0n) is 21.5. The molecule has 0 spiro atoms. The number of nitrogens with zero attached hydrogens (tertiary/aromatic N) is 2. The Labute approximate surface area is 199 Å². The first kappa shape index (κ1) is 27.1. The van der Waals surface area contributed by atoms with Gasteiger partial charge in [0, 0.05) is 0 Å². The fourth-order valence-electron chi connectivity index (χ4n) is 5.45. The van der Waals surface area contributed by atoms with E-state index in [1.165, 1.54) is 95.0 Å². The van der Waals surface area contributed by atoms with E-state index >= 15 is 0 Å². The van der Waals surface area contributed by atoms with Crippen LogP contribution in [0.5, 0.6) is 0 Å². The van der Waals surface area contributed by atoms with E-state index in [9.17, 15) is 5.11 Å². The highest BCUT2D eigenvalue weighted by Crippen LogP contribution is 2.28. The highest BCUT2D eigenvalue weighted by atomic mass is 16.3. The highest BCUT2D eigenvalue weighted by Gasteiger charge is 2.47. The molecule has 0 fully saturated rings. The number of quaternary nitrogens is 1. The number of hydrogen-bond donors (Lipinski definition) is 1. The van der Waals surface area contributed by atoms with Crippen molar-refractivity contribution >= 4 is 11.5 Å². The third-order valence-electron chi connectivity index (χ3n) is 7.42. The predicted octanol–water partition coefficient (Wildman–Crippen LogP) is 7.16. The largest absolute Gasteiger partial charge is 0.390 e. The minimum Gasteiger partial charge on any atom is -0.390 e. The van der Waals surface area contributed by atoms with Crippen LogP contribution >= 0.6 is 0 Å². The van der Waals surface area contributed by atoms with Crippen molar-refractivity contribution in [1.82, 2.24) is 4.48 Å².